The van der Waals surface area contributed by atoms with E-state index in [1.54, 1.807) is 24.3 Å². The van der Waals surface area contributed by atoms with Gasteiger partial charge in [0.25, 0.3) is 0 Å². The molecule has 112 valence electrons. The molecule has 3 rings (SSSR count). The van der Waals surface area contributed by atoms with Crippen LogP contribution in [0, 0.1) is 0 Å². The van der Waals surface area contributed by atoms with E-state index in [4.69, 9.17) is 10.3 Å². The highest BCUT2D eigenvalue weighted by atomic mass is 32.3. The second-order valence-corrected chi connectivity index (χ2v) is 5.72. The van der Waals surface area contributed by atoms with Crippen LogP contribution >= 0.6 is 0 Å². The first-order valence-electron chi connectivity index (χ1n) is 5.94. The van der Waals surface area contributed by atoms with Gasteiger partial charge >= 0.3 is 16.4 Å². The predicted molar refractivity (Wildman–Crippen MR) is 67.7 cm³/mol. The number of hydroxylamine groups is 2. The van der Waals surface area contributed by atoms with E-state index in [0.29, 0.717) is 16.2 Å². The third kappa shape index (κ3) is 2.13. The molecule has 9 nitrogen and oxygen atoms in total. The number of hydrogen-bond acceptors (Lipinski definition) is 5. The van der Waals surface area contributed by atoms with Crippen LogP contribution in [-0.2, 0) is 19.5 Å². The van der Waals surface area contributed by atoms with Gasteiger partial charge in [-0.2, -0.15) is 13.5 Å². The zero-order valence-electron chi connectivity index (χ0n) is 10.5. The largest absolute Gasteiger partial charge is 0.418 e. The Hall–Kier alpha value is -2.17. The summed E-state index contributed by atoms with van der Waals surface area (Å²) in [5.41, 5.74) is 6.40. The number of carbonyl (C=O) groups excluding carboxylic acids is 2. The number of nitrogens with zero attached hydrogens (tertiary/aromatic N) is 2. The molecule has 0 aromatic heterocycles. The van der Waals surface area contributed by atoms with Gasteiger partial charge in [-0.3, -0.25) is 9.35 Å². The topological polar surface area (TPSA) is 130 Å². The molecule has 2 heterocycles. The fourth-order valence-corrected chi connectivity index (χ4v) is 3.13. The molecule has 2 bridgehead atoms. The number of urea groups is 1. The molecule has 3 amide bonds. The number of benzene rings is 1. The van der Waals surface area contributed by atoms with Crippen molar-refractivity contribution in [1.29, 1.82) is 0 Å². The van der Waals surface area contributed by atoms with E-state index >= 15 is 0 Å². The van der Waals surface area contributed by atoms with Crippen LogP contribution < -0.4 is 5.73 Å². The Bertz CT molecular complexity index is 733. The van der Waals surface area contributed by atoms with Crippen LogP contribution in [0.1, 0.15) is 23.2 Å². The van der Waals surface area contributed by atoms with Gasteiger partial charge in [0.2, 0.25) is 5.91 Å². The highest BCUT2D eigenvalue weighted by Crippen LogP contribution is 2.43. The van der Waals surface area contributed by atoms with Crippen LogP contribution in [-0.4, -0.2) is 41.4 Å². The van der Waals surface area contributed by atoms with Crippen LogP contribution in [0.15, 0.2) is 24.3 Å². The van der Waals surface area contributed by atoms with E-state index in [0.717, 1.165) is 4.90 Å². The molecule has 1 fully saturated rings. The number of amides is 3. The van der Waals surface area contributed by atoms with E-state index in [1.807, 2.05) is 0 Å². The summed E-state index contributed by atoms with van der Waals surface area (Å²) < 4.78 is 34.9. The number of carbonyl (C=O) groups is 2. The minimum atomic E-state index is -4.86. The molecule has 2 atom stereocenters. The summed E-state index contributed by atoms with van der Waals surface area (Å²) in [5.74, 6) is -0.733. The van der Waals surface area contributed by atoms with Crippen LogP contribution in [0.5, 0.6) is 0 Å². The maximum absolute atomic E-state index is 12.2. The maximum Gasteiger partial charge on any atom is 0.418 e. The highest BCUT2D eigenvalue weighted by Gasteiger charge is 2.51. The molecular formula is C11H11N3O6S. The van der Waals surface area contributed by atoms with Crippen molar-refractivity contribution in [3.05, 3.63) is 35.4 Å². The van der Waals surface area contributed by atoms with Crippen LogP contribution in [0.4, 0.5) is 4.79 Å². The Morgan fingerprint density at radius 2 is 1.95 bits per heavy atom. The van der Waals surface area contributed by atoms with E-state index < -0.39 is 34.4 Å². The minimum Gasteiger partial charge on any atom is -0.368 e. The molecule has 0 aliphatic carbocycles. The lowest BCUT2D eigenvalue weighted by Gasteiger charge is -2.30. The van der Waals surface area contributed by atoms with Gasteiger partial charge in [0.05, 0.1) is 6.54 Å². The van der Waals surface area contributed by atoms with Crippen molar-refractivity contribution in [2.45, 2.75) is 12.1 Å². The van der Waals surface area contributed by atoms with Crippen molar-refractivity contribution in [3.8, 4) is 0 Å². The van der Waals surface area contributed by atoms with Crippen LogP contribution in [0.25, 0.3) is 0 Å². The van der Waals surface area contributed by atoms with Crippen molar-refractivity contribution in [1.82, 2.24) is 9.96 Å². The van der Waals surface area contributed by atoms with Crippen LogP contribution in [0.2, 0.25) is 0 Å². The lowest BCUT2D eigenvalue weighted by Crippen LogP contribution is -2.41. The molecule has 0 radical (unpaired) electrons. The Morgan fingerprint density at radius 1 is 1.33 bits per heavy atom. The van der Waals surface area contributed by atoms with Gasteiger partial charge in [-0.1, -0.05) is 24.3 Å². The van der Waals surface area contributed by atoms with E-state index in [-0.39, 0.29) is 6.54 Å². The van der Waals surface area contributed by atoms with Gasteiger partial charge < -0.3 is 10.6 Å². The smallest absolute Gasteiger partial charge is 0.368 e. The molecule has 0 unspecified atom stereocenters. The van der Waals surface area contributed by atoms with Crippen molar-refractivity contribution >= 4 is 22.3 Å². The molecule has 21 heavy (non-hydrogen) atoms. The van der Waals surface area contributed by atoms with E-state index in [1.165, 1.54) is 0 Å². The summed E-state index contributed by atoms with van der Waals surface area (Å²) >= 11 is 0. The SMILES string of the molecule is NC(=O)[C@@H]1c2ccccc2[C@H]2CN1C(=O)N2OS(=O)(=O)O. The number of nitrogens with two attached hydrogens (primary N) is 1. The molecule has 2 aliphatic heterocycles. The first kappa shape index (κ1) is 13.8. The summed E-state index contributed by atoms with van der Waals surface area (Å²) in [4.78, 5) is 24.9. The van der Waals surface area contributed by atoms with E-state index in [9.17, 15) is 18.0 Å². The zero-order valence-corrected chi connectivity index (χ0v) is 11.4. The van der Waals surface area contributed by atoms with Crippen molar-refractivity contribution in [2.24, 2.45) is 5.73 Å². The van der Waals surface area contributed by atoms with Crippen molar-refractivity contribution in [2.75, 3.05) is 6.54 Å². The van der Waals surface area contributed by atoms with Crippen molar-refractivity contribution < 1.29 is 26.8 Å². The first-order chi connectivity index (χ1) is 9.79. The van der Waals surface area contributed by atoms with Gasteiger partial charge in [-0.25, -0.2) is 4.79 Å². The Morgan fingerprint density at radius 3 is 2.52 bits per heavy atom. The number of hydrogen-bond donors (Lipinski definition) is 2. The summed E-state index contributed by atoms with van der Waals surface area (Å²) in [5, 5.41) is 0.539. The normalized spacial score (nSPS) is 24.1. The highest BCUT2D eigenvalue weighted by molar-refractivity contribution is 7.80. The second-order valence-electron chi connectivity index (χ2n) is 4.71. The molecule has 1 aromatic carbocycles. The number of primary amides is 1. The van der Waals surface area contributed by atoms with Crippen molar-refractivity contribution in [3.63, 3.8) is 0 Å². The summed E-state index contributed by atoms with van der Waals surface area (Å²) in [7, 11) is -4.86. The average molecular weight is 313 g/mol. The Labute approximate surface area is 119 Å². The van der Waals surface area contributed by atoms with Crippen LogP contribution in [0.3, 0.4) is 0 Å². The van der Waals surface area contributed by atoms with Gasteiger partial charge in [0.1, 0.15) is 12.1 Å². The zero-order chi connectivity index (χ0) is 15.4. The lowest BCUT2D eigenvalue weighted by molar-refractivity contribution is -0.122. The molecule has 10 heteroatoms. The third-order valence-corrected chi connectivity index (χ3v) is 3.84. The van der Waals surface area contributed by atoms with Gasteiger partial charge in [0, 0.05) is 0 Å². The Balaban J connectivity index is 2.11. The molecular weight excluding hydrogens is 302 g/mol. The lowest BCUT2D eigenvalue weighted by atomic mass is 9.91. The maximum atomic E-state index is 12.2. The molecule has 2 aliphatic rings. The monoisotopic (exact) mass is 313 g/mol. The number of fused-ring (bicyclic) bond motifs is 4. The Kier molecular flexibility index (Phi) is 2.90. The second kappa shape index (κ2) is 4.41. The molecule has 1 aromatic rings. The van der Waals surface area contributed by atoms with Gasteiger partial charge in [0.15, 0.2) is 0 Å². The average Bonchev–Trinajstić information content (AvgIpc) is 2.64. The number of rotatable bonds is 3. The third-order valence-electron chi connectivity index (χ3n) is 3.49. The quantitative estimate of drug-likeness (QED) is 0.739. The molecule has 0 saturated carbocycles. The molecule has 3 N–H and O–H groups in total. The molecule has 1 saturated heterocycles. The molecule has 0 spiro atoms. The minimum absolute atomic E-state index is 0.0406. The summed E-state index contributed by atoms with van der Waals surface area (Å²) in [6, 6.07) is 4.05. The van der Waals surface area contributed by atoms with E-state index in [2.05, 4.69) is 4.28 Å². The standard InChI is InChI=1S/C11H11N3O6S/c12-10(15)9-7-4-2-1-3-6(7)8-5-13(9)11(16)14(8)20-21(17,18)19/h1-4,8-9H,5H2,(H2,12,15)(H,17,18,19)/t8-,9+/m1/s1. The summed E-state index contributed by atoms with van der Waals surface area (Å²) in [6.45, 7) is 0.0406. The van der Waals surface area contributed by atoms with Gasteiger partial charge in [-0.05, 0) is 11.1 Å². The first-order valence-corrected chi connectivity index (χ1v) is 7.31. The van der Waals surface area contributed by atoms with Gasteiger partial charge in [-0.15, -0.1) is 4.28 Å². The fourth-order valence-electron chi connectivity index (χ4n) is 2.76. The fraction of sp³-hybridized carbons (Fsp3) is 0.273. The predicted octanol–water partition coefficient (Wildman–Crippen LogP) is -0.260. The summed E-state index contributed by atoms with van der Waals surface area (Å²) in [6.07, 6.45) is 0.